The zero-order chi connectivity index (χ0) is 16.0. The smallest absolute Gasteiger partial charge is 0.312 e. The lowest BCUT2D eigenvalue weighted by Crippen LogP contribution is -2.45. The number of nitrogens with one attached hydrogen (secondary N) is 2. The molecule has 0 aliphatic heterocycles. The Balaban J connectivity index is 2.87. The van der Waals surface area contributed by atoms with Gasteiger partial charge in [-0.25, -0.2) is 9.18 Å². The molecule has 0 saturated heterocycles. The standard InChI is InChI=1S/C15H22FN3O2/c1-4-15(2,3)19-13(20)9-12(18-14(17)21)10-7-5-6-8-11(10)16/h5-8,12H,4,9H2,1-3H3,(H,19,20)(H3,17,18,21)/t12-/m1/s1. The van der Waals surface area contributed by atoms with Crippen LogP contribution < -0.4 is 16.4 Å². The molecule has 4 N–H and O–H groups in total. The summed E-state index contributed by atoms with van der Waals surface area (Å²) in [6, 6.07) is 4.39. The Labute approximate surface area is 124 Å². The molecule has 0 bridgehead atoms. The van der Waals surface area contributed by atoms with Gasteiger partial charge in [-0.2, -0.15) is 0 Å². The van der Waals surface area contributed by atoms with Crippen molar-refractivity contribution < 1.29 is 14.0 Å². The normalized spacial score (nSPS) is 12.6. The maximum Gasteiger partial charge on any atom is 0.312 e. The van der Waals surface area contributed by atoms with E-state index >= 15 is 0 Å². The van der Waals surface area contributed by atoms with Crippen LogP contribution in [0, 0.1) is 5.82 Å². The van der Waals surface area contributed by atoms with Gasteiger partial charge in [-0.3, -0.25) is 4.79 Å². The molecule has 6 heteroatoms. The Bertz CT molecular complexity index is 517. The second-order valence-electron chi connectivity index (χ2n) is 5.57. The summed E-state index contributed by atoms with van der Waals surface area (Å²) in [5.74, 6) is -0.761. The van der Waals surface area contributed by atoms with Gasteiger partial charge in [-0.05, 0) is 26.3 Å². The molecule has 0 heterocycles. The predicted octanol–water partition coefficient (Wildman–Crippen LogP) is 2.23. The second kappa shape index (κ2) is 7.06. The number of urea groups is 1. The van der Waals surface area contributed by atoms with E-state index in [4.69, 9.17) is 5.73 Å². The Morgan fingerprint density at radius 2 is 1.95 bits per heavy atom. The Kier molecular flexibility index (Phi) is 5.69. The van der Waals surface area contributed by atoms with Crippen LogP contribution in [-0.4, -0.2) is 17.5 Å². The first-order valence-corrected chi connectivity index (χ1v) is 6.86. The van der Waals surface area contributed by atoms with E-state index in [9.17, 15) is 14.0 Å². The van der Waals surface area contributed by atoms with E-state index in [1.54, 1.807) is 12.1 Å². The number of benzene rings is 1. The summed E-state index contributed by atoms with van der Waals surface area (Å²) in [7, 11) is 0. The van der Waals surface area contributed by atoms with Crippen LogP contribution in [0.25, 0.3) is 0 Å². The highest BCUT2D eigenvalue weighted by Crippen LogP contribution is 2.20. The fourth-order valence-electron chi connectivity index (χ4n) is 1.87. The first kappa shape index (κ1) is 16.9. The molecule has 1 rings (SSSR count). The molecule has 0 saturated carbocycles. The van der Waals surface area contributed by atoms with Crippen molar-refractivity contribution in [1.82, 2.24) is 10.6 Å². The van der Waals surface area contributed by atoms with Gasteiger partial charge in [0.2, 0.25) is 5.91 Å². The lowest BCUT2D eigenvalue weighted by atomic mass is 9.99. The summed E-state index contributed by atoms with van der Waals surface area (Å²) in [5, 5.41) is 5.26. The van der Waals surface area contributed by atoms with Gasteiger partial charge in [0.1, 0.15) is 5.82 Å². The fourth-order valence-corrected chi connectivity index (χ4v) is 1.87. The highest BCUT2D eigenvalue weighted by atomic mass is 19.1. The van der Waals surface area contributed by atoms with Crippen molar-refractivity contribution in [2.24, 2.45) is 5.73 Å². The third kappa shape index (κ3) is 5.41. The van der Waals surface area contributed by atoms with Gasteiger partial charge >= 0.3 is 6.03 Å². The first-order chi connectivity index (χ1) is 9.75. The quantitative estimate of drug-likeness (QED) is 0.752. The molecule has 3 amide bonds. The van der Waals surface area contributed by atoms with Gasteiger partial charge in [0, 0.05) is 11.1 Å². The molecule has 116 valence electrons. The fraction of sp³-hybridized carbons (Fsp3) is 0.467. The number of amides is 3. The lowest BCUT2D eigenvalue weighted by Gasteiger charge is -2.26. The number of hydrogen-bond donors (Lipinski definition) is 3. The Hall–Kier alpha value is -2.11. The number of nitrogens with two attached hydrogens (primary N) is 1. The molecule has 0 aromatic heterocycles. The summed E-state index contributed by atoms with van der Waals surface area (Å²) >= 11 is 0. The van der Waals surface area contributed by atoms with Crippen LogP contribution in [0.1, 0.15) is 45.2 Å². The molecule has 0 aliphatic rings. The summed E-state index contributed by atoms with van der Waals surface area (Å²) < 4.78 is 13.8. The molecule has 21 heavy (non-hydrogen) atoms. The van der Waals surface area contributed by atoms with Crippen LogP contribution in [0.5, 0.6) is 0 Å². The summed E-state index contributed by atoms with van der Waals surface area (Å²) in [6.07, 6.45) is 0.680. The molecule has 0 fully saturated rings. The van der Waals surface area contributed by atoms with Gasteiger partial charge in [-0.1, -0.05) is 25.1 Å². The zero-order valence-electron chi connectivity index (χ0n) is 12.6. The van der Waals surface area contributed by atoms with Gasteiger partial charge in [0.15, 0.2) is 0 Å². The average Bonchev–Trinajstić information content (AvgIpc) is 2.37. The van der Waals surface area contributed by atoms with E-state index in [1.807, 2.05) is 20.8 Å². The van der Waals surface area contributed by atoms with Crippen molar-refractivity contribution in [2.45, 2.75) is 45.2 Å². The number of rotatable bonds is 6. The van der Waals surface area contributed by atoms with E-state index in [1.165, 1.54) is 12.1 Å². The maximum absolute atomic E-state index is 13.8. The van der Waals surface area contributed by atoms with Crippen molar-refractivity contribution in [3.63, 3.8) is 0 Å². The van der Waals surface area contributed by atoms with Crippen LogP contribution in [0.2, 0.25) is 0 Å². The molecule has 0 radical (unpaired) electrons. The van der Waals surface area contributed by atoms with Crippen molar-refractivity contribution in [3.05, 3.63) is 35.6 Å². The highest BCUT2D eigenvalue weighted by Gasteiger charge is 2.23. The molecular weight excluding hydrogens is 273 g/mol. The predicted molar refractivity (Wildman–Crippen MR) is 79.0 cm³/mol. The summed E-state index contributed by atoms with van der Waals surface area (Å²) in [5.41, 5.74) is 4.98. The third-order valence-electron chi connectivity index (χ3n) is 3.35. The first-order valence-electron chi connectivity index (χ1n) is 6.86. The SMILES string of the molecule is CCC(C)(C)NC(=O)C[C@@H](NC(N)=O)c1ccccc1F. The van der Waals surface area contributed by atoms with Crippen LogP contribution in [0.3, 0.4) is 0 Å². The van der Waals surface area contributed by atoms with Crippen LogP contribution in [-0.2, 0) is 4.79 Å². The van der Waals surface area contributed by atoms with E-state index < -0.39 is 17.9 Å². The molecule has 1 aromatic carbocycles. The number of primary amides is 1. The average molecular weight is 295 g/mol. The second-order valence-corrected chi connectivity index (χ2v) is 5.57. The van der Waals surface area contributed by atoms with E-state index in [0.29, 0.717) is 0 Å². The Morgan fingerprint density at radius 1 is 1.33 bits per heavy atom. The third-order valence-corrected chi connectivity index (χ3v) is 3.35. The van der Waals surface area contributed by atoms with Crippen LogP contribution in [0.4, 0.5) is 9.18 Å². The van der Waals surface area contributed by atoms with Gasteiger partial charge in [0.05, 0.1) is 12.5 Å². The molecule has 5 nitrogen and oxygen atoms in total. The number of carbonyl (C=O) groups is 2. The van der Waals surface area contributed by atoms with Crippen molar-refractivity contribution in [3.8, 4) is 0 Å². The highest BCUT2D eigenvalue weighted by molar-refractivity contribution is 5.79. The maximum atomic E-state index is 13.8. The molecule has 1 aromatic rings. The molecule has 1 atom stereocenters. The molecule has 0 unspecified atom stereocenters. The number of hydrogen-bond acceptors (Lipinski definition) is 2. The van der Waals surface area contributed by atoms with Gasteiger partial charge < -0.3 is 16.4 Å². The topological polar surface area (TPSA) is 84.2 Å². The van der Waals surface area contributed by atoms with Crippen molar-refractivity contribution in [2.75, 3.05) is 0 Å². The molecule has 0 spiro atoms. The van der Waals surface area contributed by atoms with E-state index in [2.05, 4.69) is 10.6 Å². The molecular formula is C15H22FN3O2. The van der Waals surface area contributed by atoms with Crippen LogP contribution in [0.15, 0.2) is 24.3 Å². The summed E-state index contributed by atoms with van der Waals surface area (Å²) in [6.45, 7) is 5.74. The van der Waals surface area contributed by atoms with Crippen LogP contribution >= 0.6 is 0 Å². The van der Waals surface area contributed by atoms with Crippen molar-refractivity contribution in [1.29, 1.82) is 0 Å². The Morgan fingerprint density at radius 3 is 2.48 bits per heavy atom. The number of halogens is 1. The monoisotopic (exact) mass is 295 g/mol. The number of carbonyl (C=O) groups excluding carboxylic acids is 2. The van der Waals surface area contributed by atoms with Crippen molar-refractivity contribution >= 4 is 11.9 Å². The van der Waals surface area contributed by atoms with E-state index in [-0.39, 0.29) is 23.4 Å². The van der Waals surface area contributed by atoms with Gasteiger partial charge in [0.25, 0.3) is 0 Å². The molecule has 0 aliphatic carbocycles. The van der Waals surface area contributed by atoms with Gasteiger partial charge in [-0.15, -0.1) is 0 Å². The summed E-state index contributed by atoms with van der Waals surface area (Å²) in [4.78, 5) is 23.1. The zero-order valence-corrected chi connectivity index (χ0v) is 12.6. The largest absolute Gasteiger partial charge is 0.352 e. The lowest BCUT2D eigenvalue weighted by molar-refractivity contribution is -0.123. The van der Waals surface area contributed by atoms with E-state index in [0.717, 1.165) is 6.42 Å². The minimum absolute atomic E-state index is 0.0761. The minimum atomic E-state index is -0.800. The minimum Gasteiger partial charge on any atom is -0.352 e.